The molecule has 0 saturated heterocycles. The number of esters is 1. The van der Waals surface area contributed by atoms with Gasteiger partial charge in [-0.15, -0.1) is 11.3 Å². The van der Waals surface area contributed by atoms with Gasteiger partial charge >= 0.3 is 5.97 Å². The maximum absolute atomic E-state index is 11.5. The molecule has 0 aliphatic heterocycles. The Morgan fingerprint density at radius 3 is 3.05 bits per heavy atom. The number of thiophene rings is 1. The van der Waals surface area contributed by atoms with E-state index in [9.17, 15) is 4.79 Å². The van der Waals surface area contributed by atoms with Gasteiger partial charge in [0.05, 0.1) is 11.1 Å². The van der Waals surface area contributed by atoms with Crippen LogP contribution in [0.3, 0.4) is 0 Å². The van der Waals surface area contributed by atoms with Gasteiger partial charge in [-0.2, -0.15) is 0 Å². The van der Waals surface area contributed by atoms with Crippen molar-refractivity contribution in [1.29, 1.82) is 0 Å². The first-order valence-corrected chi connectivity index (χ1v) is 6.28. The Hall–Kier alpha value is -2.41. The van der Waals surface area contributed by atoms with Gasteiger partial charge in [-0.3, -0.25) is 0 Å². The van der Waals surface area contributed by atoms with E-state index in [1.54, 1.807) is 17.4 Å². The van der Waals surface area contributed by atoms with Crippen LogP contribution < -0.4 is 0 Å². The van der Waals surface area contributed by atoms with Crippen molar-refractivity contribution in [2.45, 2.75) is 6.61 Å². The molecule has 3 heterocycles. The zero-order valence-corrected chi connectivity index (χ0v) is 10.4. The van der Waals surface area contributed by atoms with Crippen LogP contribution in [0.15, 0.2) is 44.9 Å². The molecule has 0 amide bonds. The SMILES string of the molecule is O=C(OCc1cc(-c2cccs2)on1)c1ccno1. The third kappa shape index (κ3) is 2.55. The van der Waals surface area contributed by atoms with Crippen LogP contribution in [-0.4, -0.2) is 16.3 Å². The number of aromatic nitrogens is 2. The second-order valence-electron chi connectivity index (χ2n) is 3.61. The molecule has 0 aliphatic rings. The molecule has 6 nitrogen and oxygen atoms in total. The van der Waals surface area contributed by atoms with E-state index in [4.69, 9.17) is 9.26 Å². The predicted octanol–water partition coefficient (Wildman–Crippen LogP) is 2.75. The molecule has 0 fully saturated rings. The summed E-state index contributed by atoms with van der Waals surface area (Å²) < 4.78 is 14.9. The van der Waals surface area contributed by atoms with Crippen LogP contribution in [0.25, 0.3) is 10.6 Å². The number of nitrogens with zero attached hydrogens (tertiary/aromatic N) is 2. The second-order valence-corrected chi connectivity index (χ2v) is 4.56. The largest absolute Gasteiger partial charge is 0.453 e. The average molecular weight is 276 g/mol. The Bertz CT molecular complexity index is 658. The highest BCUT2D eigenvalue weighted by Gasteiger charge is 2.13. The number of carbonyl (C=O) groups excluding carboxylic acids is 1. The molecule has 7 heteroatoms. The van der Waals surface area contributed by atoms with Gasteiger partial charge in [0, 0.05) is 12.1 Å². The standard InChI is InChI=1S/C12H8N2O4S/c15-12(9-3-4-13-17-9)16-7-8-6-10(18-14-8)11-2-1-5-19-11/h1-6H,7H2. The van der Waals surface area contributed by atoms with Crippen molar-refractivity contribution >= 4 is 17.3 Å². The van der Waals surface area contributed by atoms with Gasteiger partial charge in [0.1, 0.15) is 12.3 Å². The van der Waals surface area contributed by atoms with Crippen LogP contribution in [0.1, 0.15) is 16.2 Å². The van der Waals surface area contributed by atoms with E-state index in [0.29, 0.717) is 11.5 Å². The van der Waals surface area contributed by atoms with E-state index >= 15 is 0 Å². The highest BCUT2D eigenvalue weighted by molar-refractivity contribution is 7.13. The van der Waals surface area contributed by atoms with Gasteiger partial charge in [-0.25, -0.2) is 4.79 Å². The summed E-state index contributed by atoms with van der Waals surface area (Å²) in [6.45, 7) is 0.0222. The molecule has 19 heavy (non-hydrogen) atoms. The van der Waals surface area contributed by atoms with Crippen LogP contribution in [-0.2, 0) is 11.3 Å². The minimum absolute atomic E-state index is 0.0222. The van der Waals surface area contributed by atoms with Crippen molar-refractivity contribution in [3.8, 4) is 10.6 Å². The topological polar surface area (TPSA) is 78.4 Å². The number of hydrogen-bond acceptors (Lipinski definition) is 7. The van der Waals surface area contributed by atoms with E-state index in [-0.39, 0.29) is 12.4 Å². The first-order chi connectivity index (χ1) is 9.33. The molecule has 0 N–H and O–H groups in total. The monoisotopic (exact) mass is 276 g/mol. The zero-order chi connectivity index (χ0) is 13.1. The van der Waals surface area contributed by atoms with E-state index in [0.717, 1.165) is 4.88 Å². The quantitative estimate of drug-likeness (QED) is 0.682. The Kier molecular flexibility index (Phi) is 3.11. The van der Waals surface area contributed by atoms with Crippen LogP contribution in [0, 0.1) is 0 Å². The fourth-order valence-electron chi connectivity index (χ4n) is 1.45. The fraction of sp³-hybridized carbons (Fsp3) is 0.0833. The van der Waals surface area contributed by atoms with Gasteiger partial charge in [0.15, 0.2) is 5.76 Å². The number of hydrogen-bond donors (Lipinski definition) is 0. The molecule has 0 aliphatic carbocycles. The summed E-state index contributed by atoms with van der Waals surface area (Å²) in [6, 6.07) is 7.02. The molecule has 0 saturated carbocycles. The lowest BCUT2D eigenvalue weighted by Crippen LogP contribution is -2.03. The van der Waals surface area contributed by atoms with Gasteiger partial charge < -0.3 is 13.8 Å². The smallest absolute Gasteiger partial charge is 0.377 e. The molecule has 0 radical (unpaired) electrons. The minimum atomic E-state index is -0.585. The van der Waals surface area contributed by atoms with Crippen molar-refractivity contribution in [3.63, 3.8) is 0 Å². The Morgan fingerprint density at radius 2 is 2.32 bits per heavy atom. The molecule has 0 unspecified atom stereocenters. The van der Waals surface area contributed by atoms with Crippen LogP contribution >= 0.6 is 11.3 Å². The van der Waals surface area contributed by atoms with Crippen LogP contribution in [0.4, 0.5) is 0 Å². The van der Waals surface area contributed by atoms with Crippen LogP contribution in [0.5, 0.6) is 0 Å². The lowest BCUT2D eigenvalue weighted by Gasteiger charge is -1.97. The third-order valence-corrected chi connectivity index (χ3v) is 3.20. The molecule has 3 aromatic heterocycles. The van der Waals surface area contributed by atoms with Crippen molar-refractivity contribution in [2.75, 3.05) is 0 Å². The first-order valence-electron chi connectivity index (χ1n) is 5.40. The molecular weight excluding hydrogens is 268 g/mol. The molecule has 96 valence electrons. The number of rotatable bonds is 4. The zero-order valence-electron chi connectivity index (χ0n) is 9.61. The van der Waals surface area contributed by atoms with Crippen molar-refractivity contribution in [1.82, 2.24) is 10.3 Å². The van der Waals surface area contributed by atoms with Crippen molar-refractivity contribution in [3.05, 3.63) is 47.3 Å². The van der Waals surface area contributed by atoms with Gasteiger partial charge in [-0.1, -0.05) is 16.4 Å². The summed E-state index contributed by atoms with van der Waals surface area (Å²) in [7, 11) is 0. The van der Waals surface area contributed by atoms with Gasteiger partial charge in [0.2, 0.25) is 5.76 Å². The molecule has 0 bridgehead atoms. The van der Waals surface area contributed by atoms with Gasteiger partial charge in [-0.05, 0) is 11.4 Å². The lowest BCUT2D eigenvalue weighted by molar-refractivity contribution is 0.0417. The van der Waals surface area contributed by atoms with Crippen molar-refractivity contribution in [2.24, 2.45) is 0 Å². The summed E-state index contributed by atoms with van der Waals surface area (Å²) in [5.74, 6) is 0.126. The van der Waals surface area contributed by atoms with Gasteiger partial charge in [0.25, 0.3) is 0 Å². The Balaban J connectivity index is 1.63. The summed E-state index contributed by atoms with van der Waals surface area (Å²) in [4.78, 5) is 12.5. The molecule has 0 spiro atoms. The fourth-order valence-corrected chi connectivity index (χ4v) is 2.12. The summed E-state index contributed by atoms with van der Waals surface area (Å²) in [5.41, 5.74) is 0.538. The van der Waals surface area contributed by atoms with E-state index < -0.39 is 5.97 Å². The molecule has 3 rings (SSSR count). The normalized spacial score (nSPS) is 10.5. The average Bonchev–Trinajstić information content (AvgIpc) is 3.14. The summed E-state index contributed by atoms with van der Waals surface area (Å²) in [6.07, 6.45) is 1.38. The minimum Gasteiger partial charge on any atom is -0.453 e. The number of ether oxygens (including phenoxy) is 1. The second kappa shape index (κ2) is 5.07. The highest BCUT2D eigenvalue weighted by atomic mass is 32.1. The maximum Gasteiger partial charge on any atom is 0.377 e. The third-order valence-electron chi connectivity index (χ3n) is 2.31. The molecule has 3 aromatic rings. The number of carbonyl (C=O) groups is 1. The highest BCUT2D eigenvalue weighted by Crippen LogP contribution is 2.25. The Morgan fingerprint density at radius 1 is 1.37 bits per heavy atom. The maximum atomic E-state index is 11.5. The first kappa shape index (κ1) is 11.7. The van der Waals surface area contributed by atoms with Crippen molar-refractivity contribution < 1.29 is 18.6 Å². The lowest BCUT2D eigenvalue weighted by atomic mass is 10.3. The molecule has 0 aromatic carbocycles. The van der Waals surface area contributed by atoms with Crippen LogP contribution in [0.2, 0.25) is 0 Å². The molecular formula is C12H8N2O4S. The molecule has 0 atom stereocenters. The predicted molar refractivity (Wildman–Crippen MR) is 65.4 cm³/mol. The summed E-state index contributed by atoms with van der Waals surface area (Å²) >= 11 is 1.55. The van der Waals surface area contributed by atoms with E-state index in [1.807, 2.05) is 17.5 Å². The summed E-state index contributed by atoms with van der Waals surface area (Å²) in [5, 5.41) is 9.21. The Labute approximate surface area is 111 Å². The van der Waals surface area contributed by atoms with E-state index in [1.165, 1.54) is 12.3 Å². The van der Waals surface area contributed by atoms with E-state index in [2.05, 4.69) is 14.8 Å².